The Kier molecular flexibility index (Phi) is 6.78. The Hall–Kier alpha value is -1.43. The summed E-state index contributed by atoms with van der Waals surface area (Å²) < 4.78 is 10.7. The van der Waals surface area contributed by atoms with Gasteiger partial charge in [0.2, 0.25) is 0 Å². The quantitative estimate of drug-likeness (QED) is 0.590. The molecule has 1 heterocycles. The van der Waals surface area contributed by atoms with Crippen molar-refractivity contribution in [3.05, 3.63) is 28.8 Å². The summed E-state index contributed by atoms with van der Waals surface area (Å²) in [6, 6.07) is 4.74. The fourth-order valence-corrected chi connectivity index (χ4v) is 3.40. The number of aryl methyl sites for hydroxylation is 2. The molecule has 0 aliphatic carbocycles. The van der Waals surface area contributed by atoms with E-state index in [0.29, 0.717) is 11.8 Å². The zero-order valence-electron chi connectivity index (χ0n) is 15.6. The molecule has 1 atom stereocenters. The van der Waals surface area contributed by atoms with Gasteiger partial charge in [0.05, 0.1) is 13.2 Å². The number of rotatable bonds is 6. The lowest BCUT2D eigenvalue weighted by Gasteiger charge is -2.34. The van der Waals surface area contributed by atoms with E-state index in [0.717, 1.165) is 50.5 Å². The van der Waals surface area contributed by atoms with E-state index in [4.69, 9.17) is 9.47 Å². The lowest BCUT2D eigenvalue weighted by Crippen LogP contribution is -2.46. The monoisotopic (exact) mass is 334 g/mol. The number of carbonyl (C=O) groups excluding carboxylic acids is 1. The number of likely N-dealkylation sites (N-methyl/N-ethyl adjacent to an activating group) is 1. The lowest BCUT2D eigenvalue weighted by molar-refractivity contribution is -0.131. The van der Waals surface area contributed by atoms with E-state index in [1.165, 1.54) is 12.5 Å². The molecule has 1 saturated heterocycles. The van der Waals surface area contributed by atoms with Crippen LogP contribution in [0.15, 0.2) is 12.1 Å². The Bertz CT molecular complexity index is 545. The molecule has 0 amide bonds. The molecule has 0 unspecified atom stereocenters. The first-order valence-corrected chi connectivity index (χ1v) is 8.65. The van der Waals surface area contributed by atoms with E-state index in [1.54, 1.807) is 0 Å². The van der Waals surface area contributed by atoms with E-state index in [1.807, 2.05) is 13.8 Å². The maximum atomic E-state index is 11.2. The minimum absolute atomic E-state index is 0.273. The third kappa shape index (κ3) is 5.30. The molecule has 5 heteroatoms. The minimum atomic E-state index is -0.273. The SMILES string of the molecule is CC(=O)Oc1c(C)cc(CN(C)C[C@@H](C)N2CCOCC2)cc1C. The summed E-state index contributed by atoms with van der Waals surface area (Å²) in [7, 11) is 2.15. The number of hydrogen-bond donors (Lipinski definition) is 0. The largest absolute Gasteiger partial charge is 0.426 e. The van der Waals surface area contributed by atoms with Crippen molar-refractivity contribution < 1.29 is 14.3 Å². The summed E-state index contributed by atoms with van der Waals surface area (Å²) in [5.41, 5.74) is 3.27. The molecule has 1 aromatic rings. The molecular formula is C19H30N2O3. The third-order valence-electron chi connectivity index (χ3n) is 4.46. The normalized spacial score (nSPS) is 17.1. The van der Waals surface area contributed by atoms with Crippen LogP contribution < -0.4 is 4.74 Å². The molecule has 1 aromatic carbocycles. The van der Waals surface area contributed by atoms with Crippen molar-refractivity contribution in [3.63, 3.8) is 0 Å². The van der Waals surface area contributed by atoms with E-state index in [-0.39, 0.29) is 5.97 Å². The van der Waals surface area contributed by atoms with Crippen LogP contribution >= 0.6 is 0 Å². The van der Waals surface area contributed by atoms with E-state index in [9.17, 15) is 4.79 Å². The first-order valence-electron chi connectivity index (χ1n) is 8.65. The third-order valence-corrected chi connectivity index (χ3v) is 4.46. The van der Waals surface area contributed by atoms with Crippen molar-refractivity contribution in [1.82, 2.24) is 9.80 Å². The molecule has 0 spiro atoms. The molecule has 0 saturated carbocycles. The van der Waals surface area contributed by atoms with Crippen LogP contribution in [0.3, 0.4) is 0 Å². The zero-order valence-corrected chi connectivity index (χ0v) is 15.6. The molecule has 5 nitrogen and oxygen atoms in total. The van der Waals surface area contributed by atoms with Crippen LogP contribution in [0.5, 0.6) is 5.75 Å². The van der Waals surface area contributed by atoms with Crippen LogP contribution in [0.25, 0.3) is 0 Å². The first kappa shape index (κ1) is 18.9. The Morgan fingerprint density at radius 2 is 1.88 bits per heavy atom. The van der Waals surface area contributed by atoms with Gasteiger partial charge in [-0.05, 0) is 44.5 Å². The summed E-state index contributed by atoms with van der Waals surface area (Å²) in [6.45, 7) is 13.3. The number of nitrogens with zero attached hydrogens (tertiary/aromatic N) is 2. The van der Waals surface area contributed by atoms with Gasteiger partial charge in [0.15, 0.2) is 0 Å². The van der Waals surface area contributed by atoms with Gasteiger partial charge < -0.3 is 14.4 Å². The lowest BCUT2D eigenvalue weighted by atomic mass is 10.0. The van der Waals surface area contributed by atoms with Gasteiger partial charge in [-0.25, -0.2) is 0 Å². The highest BCUT2D eigenvalue weighted by atomic mass is 16.5. The Balaban J connectivity index is 1.95. The smallest absolute Gasteiger partial charge is 0.308 e. The average molecular weight is 334 g/mol. The van der Waals surface area contributed by atoms with Crippen LogP contribution in [-0.2, 0) is 16.1 Å². The molecule has 0 aromatic heterocycles. The van der Waals surface area contributed by atoms with Crippen molar-refractivity contribution in [1.29, 1.82) is 0 Å². The van der Waals surface area contributed by atoms with Crippen molar-refractivity contribution in [3.8, 4) is 5.75 Å². The van der Waals surface area contributed by atoms with E-state index >= 15 is 0 Å². The topological polar surface area (TPSA) is 42.0 Å². The highest BCUT2D eigenvalue weighted by molar-refractivity contribution is 5.70. The maximum Gasteiger partial charge on any atom is 0.308 e. The molecule has 0 N–H and O–H groups in total. The summed E-state index contributed by atoms with van der Waals surface area (Å²) >= 11 is 0. The fourth-order valence-electron chi connectivity index (χ4n) is 3.40. The molecule has 1 fully saturated rings. The molecule has 1 aliphatic rings. The fraction of sp³-hybridized carbons (Fsp3) is 0.632. The second-order valence-electron chi connectivity index (χ2n) is 6.85. The molecule has 2 rings (SSSR count). The summed E-state index contributed by atoms with van der Waals surface area (Å²) in [6.07, 6.45) is 0. The van der Waals surface area contributed by atoms with Gasteiger partial charge in [-0.2, -0.15) is 0 Å². The van der Waals surface area contributed by atoms with Crippen molar-refractivity contribution in [2.24, 2.45) is 0 Å². The van der Waals surface area contributed by atoms with Gasteiger partial charge in [-0.1, -0.05) is 12.1 Å². The van der Waals surface area contributed by atoms with Gasteiger partial charge in [0.1, 0.15) is 5.75 Å². The molecular weight excluding hydrogens is 304 g/mol. The molecule has 0 bridgehead atoms. The highest BCUT2D eigenvalue weighted by Crippen LogP contribution is 2.25. The van der Waals surface area contributed by atoms with Crippen LogP contribution in [-0.4, -0.2) is 61.7 Å². The van der Waals surface area contributed by atoms with Gasteiger partial charge in [-0.3, -0.25) is 9.69 Å². The molecule has 134 valence electrons. The number of benzene rings is 1. The number of hydrogen-bond acceptors (Lipinski definition) is 5. The second kappa shape index (κ2) is 8.60. The van der Waals surface area contributed by atoms with Crippen LogP contribution in [0.4, 0.5) is 0 Å². The van der Waals surface area contributed by atoms with Gasteiger partial charge >= 0.3 is 5.97 Å². The van der Waals surface area contributed by atoms with Gasteiger partial charge in [0.25, 0.3) is 0 Å². The molecule has 0 radical (unpaired) electrons. The zero-order chi connectivity index (χ0) is 17.7. The number of morpholine rings is 1. The van der Waals surface area contributed by atoms with Crippen molar-refractivity contribution >= 4 is 5.97 Å². The van der Waals surface area contributed by atoms with E-state index < -0.39 is 0 Å². The Labute approximate surface area is 145 Å². The summed E-state index contributed by atoms with van der Waals surface area (Å²) in [5.74, 6) is 0.418. The molecule has 1 aliphatic heterocycles. The predicted molar refractivity (Wildman–Crippen MR) is 95.4 cm³/mol. The van der Waals surface area contributed by atoms with Crippen LogP contribution in [0.2, 0.25) is 0 Å². The highest BCUT2D eigenvalue weighted by Gasteiger charge is 2.18. The number of carbonyl (C=O) groups is 1. The summed E-state index contributed by atoms with van der Waals surface area (Å²) in [4.78, 5) is 16.0. The Morgan fingerprint density at radius 3 is 2.42 bits per heavy atom. The summed E-state index contributed by atoms with van der Waals surface area (Å²) in [5, 5.41) is 0. The number of esters is 1. The van der Waals surface area contributed by atoms with Crippen molar-refractivity contribution in [2.75, 3.05) is 39.9 Å². The first-order chi connectivity index (χ1) is 11.4. The van der Waals surface area contributed by atoms with Crippen LogP contribution in [0, 0.1) is 13.8 Å². The second-order valence-corrected chi connectivity index (χ2v) is 6.85. The van der Waals surface area contributed by atoms with Crippen molar-refractivity contribution in [2.45, 2.75) is 40.3 Å². The van der Waals surface area contributed by atoms with Gasteiger partial charge in [-0.15, -0.1) is 0 Å². The number of ether oxygens (including phenoxy) is 2. The Morgan fingerprint density at radius 1 is 1.29 bits per heavy atom. The van der Waals surface area contributed by atoms with Crippen LogP contribution in [0.1, 0.15) is 30.5 Å². The minimum Gasteiger partial charge on any atom is -0.426 e. The van der Waals surface area contributed by atoms with E-state index in [2.05, 4.69) is 35.9 Å². The maximum absolute atomic E-state index is 11.2. The predicted octanol–water partition coefficient (Wildman–Crippen LogP) is 2.38. The van der Waals surface area contributed by atoms with Gasteiger partial charge in [0, 0.05) is 39.1 Å². The molecule has 24 heavy (non-hydrogen) atoms. The average Bonchev–Trinajstić information content (AvgIpc) is 2.51. The standard InChI is InChI=1S/C19H30N2O3/c1-14-10-18(11-15(2)19(14)24-17(4)22)13-20(5)12-16(3)21-6-8-23-9-7-21/h10-11,16H,6-9,12-13H2,1-5H3/t16-/m1/s1.